The summed E-state index contributed by atoms with van der Waals surface area (Å²) in [6, 6.07) is 10.1. The number of ether oxygens (including phenoxy) is 1. The van der Waals surface area contributed by atoms with E-state index in [-0.39, 0.29) is 22.4 Å². The minimum Gasteiger partial charge on any atom is -0.465 e. The predicted molar refractivity (Wildman–Crippen MR) is 116 cm³/mol. The molecule has 1 heterocycles. The number of halogens is 3. The molecule has 2 aromatic carbocycles. The summed E-state index contributed by atoms with van der Waals surface area (Å²) in [5, 5.41) is 12.7. The molecule has 172 valence electrons. The Bertz CT molecular complexity index is 1170. The summed E-state index contributed by atoms with van der Waals surface area (Å²) >= 11 is 2.04. The number of nitrogens with one attached hydrogen (secondary N) is 2. The number of methoxy groups -OCH3 is 1. The van der Waals surface area contributed by atoms with Crippen molar-refractivity contribution in [2.24, 2.45) is 0 Å². The van der Waals surface area contributed by atoms with Gasteiger partial charge in [0, 0.05) is 11.3 Å². The van der Waals surface area contributed by atoms with E-state index in [2.05, 4.69) is 25.6 Å². The minimum absolute atomic E-state index is 0.00500. The maximum absolute atomic E-state index is 12.8. The second-order valence-corrected chi connectivity index (χ2v) is 8.51. The molecule has 0 spiro atoms. The lowest BCUT2D eigenvalue weighted by Crippen LogP contribution is -2.14. The van der Waals surface area contributed by atoms with E-state index in [0.29, 0.717) is 15.6 Å². The van der Waals surface area contributed by atoms with Gasteiger partial charge in [-0.15, -0.1) is 10.2 Å². The fraction of sp³-hybridized carbons (Fsp3) is 0.150. The van der Waals surface area contributed by atoms with E-state index in [0.717, 1.165) is 41.3 Å². The maximum atomic E-state index is 12.8. The topological polar surface area (TPSA) is 110 Å². The number of nitrogens with zero attached hydrogens (tertiary/aromatic N) is 2. The highest BCUT2D eigenvalue weighted by atomic mass is 32.2. The summed E-state index contributed by atoms with van der Waals surface area (Å²) in [7, 11) is 1.27. The Morgan fingerprint density at radius 1 is 1.03 bits per heavy atom. The third kappa shape index (κ3) is 6.76. The molecule has 0 fully saturated rings. The SMILES string of the molecule is COC(=O)c1ccc(NC(=O)CSc2nnc(NC(=O)c3cccc(C(F)(F)F)c3)s2)cc1. The molecule has 0 saturated carbocycles. The van der Waals surface area contributed by atoms with Gasteiger partial charge in [-0.05, 0) is 42.5 Å². The van der Waals surface area contributed by atoms with E-state index < -0.39 is 23.6 Å². The Morgan fingerprint density at radius 3 is 2.42 bits per heavy atom. The average Bonchev–Trinajstić information content (AvgIpc) is 3.24. The molecule has 0 atom stereocenters. The van der Waals surface area contributed by atoms with Crippen LogP contribution in [0.4, 0.5) is 24.0 Å². The van der Waals surface area contributed by atoms with Crippen LogP contribution < -0.4 is 10.6 Å². The molecule has 0 aliphatic carbocycles. The van der Waals surface area contributed by atoms with Gasteiger partial charge < -0.3 is 10.1 Å². The molecule has 33 heavy (non-hydrogen) atoms. The van der Waals surface area contributed by atoms with Crippen LogP contribution in [0.25, 0.3) is 0 Å². The minimum atomic E-state index is -4.56. The van der Waals surface area contributed by atoms with Crippen LogP contribution in [0.1, 0.15) is 26.3 Å². The number of anilines is 2. The zero-order chi connectivity index (χ0) is 24.0. The Kier molecular flexibility index (Phi) is 7.66. The molecule has 13 heteroatoms. The van der Waals surface area contributed by atoms with Crippen LogP contribution in [0.3, 0.4) is 0 Å². The number of aromatic nitrogens is 2. The first-order chi connectivity index (χ1) is 15.7. The van der Waals surface area contributed by atoms with Crippen LogP contribution >= 0.6 is 23.1 Å². The second kappa shape index (κ2) is 10.4. The maximum Gasteiger partial charge on any atom is 0.416 e. The van der Waals surface area contributed by atoms with Gasteiger partial charge in [-0.3, -0.25) is 14.9 Å². The number of thioether (sulfide) groups is 1. The predicted octanol–water partition coefficient (Wildman–Crippen LogP) is 4.33. The summed E-state index contributed by atoms with van der Waals surface area (Å²) in [4.78, 5) is 35.7. The Labute approximate surface area is 193 Å². The molecule has 0 aliphatic rings. The van der Waals surface area contributed by atoms with Crippen molar-refractivity contribution < 1.29 is 32.3 Å². The number of benzene rings is 2. The van der Waals surface area contributed by atoms with E-state index in [9.17, 15) is 27.6 Å². The smallest absolute Gasteiger partial charge is 0.416 e. The fourth-order valence-corrected chi connectivity index (χ4v) is 4.00. The van der Waals surface area contributed by atoms with Crippen molar-refractivity contribution in [3.63, 3.8) is 0 Å². The van der Waals surface area contributed by atoms with Gasteiger partial charge in [-0.25, -0.2) is 4.79 Å². The quantitative estimate of drug-likeness (QED) is 0.285. The van der Waals surface area contributed by atoms with Crippen LogP contribution in [0.2, 0.25) is 0 Å². The molecular formula is C20H15F3N4O4S2. The van der Waals surface area contributed by atoms with E-state index in [1.54, 1.807) is 12.1 Å². The van der Waals surface area contributed by atoms with Crippen LogP contribution in [-0.4, -0.2) is 40.8 Å². The van der Waals surface area contributed by atoms with Crippen molar-refractivity contribution in [2.45, 2.75) is 10.5 Å². The lowest BCUT2D eigenvalue weighted by molar-refractivity contribution is -0.137. The summed E-state index contributed by atoms with van der Waals surface area (Å²) < 4.78 is 43.4. The van der Waals surface area contributed by atoms with Crippen molar-refractivity contribution in [3.05, 3.63) is 65.2 Å². The van der Waals surface area contributed by atoms with Gasteiger partial charge in [-0.2, -0.15) is 13.2 Å². The lowest BCUT2D eigenvalue weighted by atomic mass is 10.1. The first kappa shape index (κ1) is 24.2. The summed E-state index contributed by atoms with van der Waals surface area (Å²) in [6.07, 6.45) is -4.56. The van der Waals surface area contributed by atoms with Crippen molar-refractivity contribution in [3.8, 4) is 0 Å². The van der Waals surface area contributed by atoms with Crippen molar-refractivity contribution in [1.29, 1.82) is 0 Å². The van der Waals surface area contributed by atoms with E-state index in [1.807, 2.05) is 0 Å². The zero-order valence-corrected chi connectivity index (χ0v) is 18.4. The molecule has 0 radical (unpaired) electrons. The van der Waals surface area contributed by atoms with Crippen molar-refractivity contribution in [2.75, 3.05) is 23.5 Å². The summed E-state index contributed by atoms with van der Waals surface area (Å²) in [6.45, 7) is 0. The first-order valence-corrected chi connectivity index (χ1v) is 10.9. The summed E-state index contributed by atoms with van der Waals surface area (Å²) in [5.41, 5.74) is -0.278. The number of hydrogen-bond donors (Lipinski definition) is 2. The van der Waals surface area contributed by atoms with E-state index >= 15 is 0 Å². The number of carbonyl (C=O) groups is 3. The number of rotatable bonds is 7. The molecule has 2 amide bonds. The molecule has 0 saturated heterocycles. The van der Waals surface area contributed by atoms with Gasteiger partial charge in [0.05, 0.1) is 24.0 Å². The van der Waals surface area contributed by atoms with Gasteiger partial charge in [-0.1, -0.05) is 29.2 Å². The Morgan fingerprint density at radius 2 is 1.76 bits per heavy atom. The monoisotopic (exact) mass is 496 g/mol. The van der Waals surface area contributed by atoms with E-state index in [4.69, 9.17) is 0 Å². The molecule has 0 unspecified atom stereocenters. The van der Waals surface area contributed by atoms with Crippen LogP contribution in [0, 0.1) is 0 Å². The lowest BCUT2D eigenvalue weighted by Gasteiger charge is -2.08. The van der Waals surface area contributed by atoms with Crippen molar-refractivity contribution in [1.82, 2.24) is 10.2 Å². The molecule has 1 aromatic heterocycles. The number of alkyl halides is 3. The molecule has 8 nitrogen and oxygen atoms in total. The third-order valence-electron chi connectivity index (χ3n) is 4.00. The van der Waals surface area contributed by atoms with Gasteiger partial charge in [0.1, 0.15) is 0 Å². The standard InChI is InChI=1S/C20H15F3N4O4S2/c1-31-17(30)11-5-7-14(8-6-11)24-15(28)10-32-19-27-26-18(33-19)25-16(29)12-3-2-4-13(9-12)20(21,22)23/h2-9H,10H2,1H3,(H,24,28)(H,25,26,29). The summed E-state index contributed by atoms with van der Waals surface area (Å²) in [5.74, 6) is -1.59. The number of esters is 1. The third-order valence-corrected chi connectivity index (χ3v) is 5.97. The average molecular weight is 496 g/mol. The Balaban J connectivity index is 1.52. The van der Waals surface area contributed by atoms with Gasteiger partial charge in [0.15, 0.2) is 4.34 Å². The van der Waals surface area contributed by atoms with Crippen LogP contribution in [0.5, 0.6) is 0 Å². The molecular weight excluding hydrogens is 481 g/mol. The fourth-order valence-electron chi connectivity index (χ4n) is 2.46. The first-order valence-electron chi connectivity index (χ1n) is 9.09. The Hall–Kier alpha value is -3.45. The highest BCUT2D eigenvalue weighted by Crippen LogP contribution is 2.30. The molecule has 0 aliphatic heterocycles. The number of carbonyl (C=O) groups excluding carboxylic acids is 3. The molecule has 0 bridgehead atoms. The van der Waals surface area contributed by atoms with Crippen LogP contribution in [0.15, 0.2) is 52.9 Å². The van der Waals surface area contributed by atoms with Crippen LogP contribution in [-0.2, 0) is 15.7 Å². The normalized spacial score (nSPS) is 11.0. The zero-order valence-electron chi connectivity index (χ0n) is 16.8. The van der Waals surface area contributed by atoms with Gasteiger partial charge in [0.2, 0.25) is 11.0 Å². The number of hydrogen-bond acceptors (Lipinski definition) is 8. The van der Waals surface area contributed by atoms with Crippen molar-refractivity contribution >= 4 is 51.7 Å². The highest BCUT2D eigenvalue weighted by Gasteiger charge is 2.31. The van der Waals surface area contributed by atoms with Gasteiger partial charge in [0.25, 0.3) is 5.91 Å². The molecule has 3 aromatic rings. The van der Waals surface area contributed by atoms with E-state index in [1.165, 1.54) is 25.3 Å². The second-order valence-electron chi connectivity index (χ2n) is 6.31. The largest absolute Gasteiger partial charge is 0.465 e. The number of amides is 2. The molecule has 3 rings (SSSR count). The highest BCUT2D eigenvalue weighted by molar-refractivity contribution is 8.01. The molecule has 2 N–H and O–H groups in total. The van der Waals surface area contributed by atoms with Gasteiger partial charge >= 0.3 is 12.1 Å².